The van der Waals surface area contributed by atoms with Crippen molar-refractivity contribution in [1.29, 1.82) is 0 Å². The Hall–Kier alpha value is -2.69. The van der Waals surface area contributed by atoms with Crippen LogP contribution in [0.4, 0.5) is 5.69 Å². The highest BCUT2D eigenvalue weighted by atomic mass is 16.5. The molecule has 116 valence electrons. The molecule has 0 radical (unpaired) electrons. The predicted octanol–water partition coefficient (Wildman–Crippen LogP) is 2.67. The van der Waals surface area contributed by atoms with Crippen molar-refractivity contribution in [3.05, 3.63) is 54.1 Å². The minimum atomic E-state index is 0.350. The van der Waals surface area contributed by atoms with Crippen LogP contribution in [0.1, 0.15) is 5.56 Å². The van der Waals surface area contributed by atoms with Crippen molar-refractivity contribution >= 4 is 11.6 Å². The number of anilines is 1. The summed E-state index contributed by atoms with van der Waals surface area (Å²) in [7, 11) is 3.22. The quantitative estimate of drug-likeness (QED) is 0.635. The van der Waals surface area contributed by atoms with Gasteiger partial charge in [-0.15, -0.1) is 0 Å². The van der Waals surface area contributed by atoms with Crippen LogP contribution >= 0.6 is 0 Å². The third-order valence-corrected chi connectivity index (χ3v) is 3.19. The van der Waals surface area contributed by atoms with Crippen LogP contribution in [0, 0.1) is 0 Å². The van der Waals surface area contributed by atoms with Crippen molar-refractivity contribution in [3.8, 4) is 11.5 Å². The Morgan fingerprint density at radius 1 is 1.09 bits per heavy atom. The van der Waals surface area contributed by atoms with Crippen molar-refractivity contribution in [2.24, 2.45) is 10.7 Å². The molecule has 0 aliphatic heterocycles. The van der Waals surface area contributed by atoms with E-state index < -0.39 is 0 Å². The van der Waals surface area contributed by atoms with Gasteiger partial charge < -0.3 is 20.5 Å². The maximum absolute atomic E-state index is 5.93. The zero-order valence-electron chi connectivity index (χ0n) is 12.9. The topological polar surface area (TPSA) is 68.9 Å². The molecule has 0 saturated carbocycles. The van der Waals surface area contributed by atoms with Gasteiger partial charge in [-0.3, -0.25) is 4.99 Å². The Kier molecular flexibility index (Phi) is 5.65. The highest BCUT2D eigenvalue weighted by molar-refractivity contribution is 5.94. The number of aliphatic imine (C=N–C) groups is 1. The Morgan fingerprint density at radius 3 is 2.55 bits per heavy atom. The molecular weight excluding hydrogens is 278 g/mol. The molecule has 0 saturated heterocycles. The van der Waals surface area contributed by atoms with E-state index >= 15 is 0 Å². The maximum atomic E-state index is 5.93. The van der Waals surface area contributed by atoms with Gasteiger partial charge in [0.25, 0.3) is 0 Å². The van der Waals surface area contributed by atoms with Gasteiger partial charge in [0.2, 0.25) is 0 Å². The third-order valence-electron chi connectivity index (χ3n) is 3.19. The number of methoxy groups -OCH3 is 2. The summed E-state index contributed by atoms with van der Waals surface area (Å²) >= 11 is 0. The lowest BCUT2D eigenvalue weighted by Gasteiger charge is -2.12. The van der Waals surface area contributed by atoms with Gasteiger partial charge in [-0.1, -0.05) is 30.3 Å². The molecule has 2 rings (SSSR count). The number of hydrogen-bond donors (Lipinski definition) is 2. The van der Waals surface area contributed by atoms with E-state index in [0.29, 0.717) is 18.3 Å². The number of guanidine groups is 1. The first-order valence-corrected chi connectivity index (χ1v) is 7.06. The van der Waals surface area contributed by atoms with Crippen LogP contribution in [0.2, 0.25) is 0 Å². The Balaban J connectivity index is 1.98. The molecule has 0 aliphatic carbocycles. The lowest BCUT2D eigenvalue weighted by Crippen LogP contribution is -2.23. The average Bonchev–Trinajstić information content (AvgIpc) is 2.55. The number of ether oxygens (including phenoxy) is 2. The number of nitrogens with two attached hydrogens (primary N) is 1. The van der Waals surface area contributed by atoms with Crippen molar-refractivity contribution in [2.75, 3.05) is 26.1 Å². The van der Waals surface area contributed by atoms with Gasteiger partial charge in [-0.2, -0.15) is 0 Å². The minimum absolute atomic E-state index is 0.350. The lowest BCUT2D eigenvalue weighted by molar-refractivity contribution is 0.405. The van der Waals surface area contributed by atoms with Crippen molar-refractivity contribution < 1.29 is 9.47 Å². The molecule has 5 heteroatoms. The van der Waals surface area contributed by atoms with Crippen LogP contribution in [0.25, 0.3) is 0 Å². The highest BCUT2D eigenvalue weighted by Gasteiger charge is 2.05. The molecule has 0 heterocycles. The molecule has 2 aromatic carbocycles. The summed E-state index contributed by atoms with van der Waals surface area (Å²) in [6, 6.07) is 15.6. The number of nitrogens with zero attached hydrogens (tertiary/aromatic N) is 1. The molecule has 3 N–H and O–H groups in total. The summed E-state index contributed by atoms with van der Waals surface area (Å²) in [6.45, 7) is 0.620. The van der Waals surface area contributed by atoms with Gasteiger partial charge in [-0.25, -0.2) is 0 Å². The molecule has 0 amide bonds. The smallest absolute Gasteiger partial charge is 0.193 e. The van der Waals surface area contributed by atoms with Gasteiger partial charge >= 0.3 is 0 Å². The van der Waals surface area contributed by atoms with E-state index in [1.165, 1.54) is 5.56 Å². The van der Waals surface area contributed by atoms with Crippen LogP contribution in [0.15, 0.2) is 53.5 Å². The summed E-state index contributed by atoms with van der Waals surface area (Å²) in [5.41, 5.74) is 7.89. The van der Waals surface area contributed by atoms with Crippen LogP contribution in [-0.2, 0) is 6.42 Å². The second-order valence-electron chi connectivity index (χ2n) is 4.69. The normalized spacial score (nSPS) is 11.1. The molecule has 22 heavy (non-hydrogen) atoms. The molecule has 5 nitrogen and oxygen atoms in total. The molecule has 0 fully saturated rings. The summed E-state index contributed by atoms with van der Waals surface area (Å²) in [5, 5.41) is 3.05. The molecule has 0 aliphatic rings. The first kappa shape index (κ1) is 15.7. The van der Waals surface area contributed by atoms with Gasteiger partial charge in [0, 0.05) is 12.6 Å². The standard InChI is InChI=1S/C17H21N3O2/c1-21-14-8-9-16(22-2)15(12-14)20-17(18)19-11-10-13-6-4-3-5-7-13/h3-9,12H,10-11H2,1-2H3,(H3,18,19,20). The van der Waals surface area contributed by atoms with E-state index in [-0.39, 0.29) is 0 Å². The fourth-order valence-electron chi connectivity index (χ4n) is 2.04. The zero-order chi connectivity index (χ0) is 15.8. The molecular formula is C17H21N3O2. The number of nitrogens with one attached hydrogen (secondary N) is 1. The summed E-state index contributed by atoms with van der Waals surface area (Å²) in [4.78, 5) is 4.33. The van der Waals surface area contributed by atoms with Crippen LogP contribution in [0.5, 0.6) is 11.5 Å². The predicted molar refractivity (Wildman–Crippen MR) is 89.8 cm³/mol. The van der Waals surface area contributed by atoms with E-state index in [2.05, 4.69) is 22.4 Å². The molecule has 0 unspecified atom stereocenters. The van der Waals surface area contributed by atoms with Gasteiger partial charge in [0.1, 0.15) is 11.5 Å². The fraction of sp³-hybridized carbons (Fsp3) is 0.235. The third kappa shape index (κ3) is 4.41. The minimum Gasteiger partial charge on any atom is -0.497 e. The summed E-state index contributed by atoms with van der Waals surface area (Å²) in [5.74, 6) is 1.75. The SMILES string of the molecule is COc1ccc(OC)c(NC(N)=NCCc2ccccc2)c1. The van der Waals surface area contributed by atoms with Gasteiger partial charge in [-0.05, 0) is 24.1 Å². The largest absolute Gasteiger partial charge is 0.497 e. The first-order valence-electron chi connectivity index (χ1n) is 7.06. The Bertz CT molecular complexity index is 627. The van der Waals surface area contributed by atoms with Crippen molar-refractivity contribution in [1.82, 2.24) is 0 Å². The molecule has 0 bridgehead atoms. The fourth-order valence-corrected chi connectivity index (χ4v) is 2.04. The number of benzene rings is 2. The number of rotatable bonds is 6. The van der Waals surface area contributed by atoms with E-state index in [1.807, 2.05) is 36.4 Å². The molecule has 0 aromatic heterocycles. The van der Waals surface area contributed by atoms with Gasteiger partial charge in [0.05, 0.1) is 19.9 Å². The highest BCUT2D eigenvalue weighted by Crippen LogP contribution is 2.28. The summed E-state index contributed by atoms with van der Waals surface area (Å²) in [6.07, 6.45) is 0.846. The maximum Gasteiger partial charge on any atom is 0.193 e. The van der Waals surface area contributed by atoms with Crippen molar-refractivity contribution in [3.63, 3.8) is 0 Å². The lowest BCUT2D eigenvalue weighted by atomic mass is 10.2. The van der Waals surface area contributed by atoms with Crippen LogP contribution in [0.3, 0.4) is 0 Å². The van der Waals surface area contributed by atoms with Gasteiger partial charge in [0.15, 0.2) is 5.96 Å². The van der Waals surface area contributed by atoms with E-state index in [9.17, 15) is 0 Å². The Labute approximate surface area is 130 Å². The second kappa shape index (κ2) is 7.93. The van der Waals surface area contributed by atoms with Crippen LogP contribution in [-0.4, -0.2) is 26.7 Å². The Morgan fingerprint density at radius 2 is 1.86 bits per heavy atom. The van der Waals surface area contributed by atoms with E-state index in [4.69, 9.17) is 15.2 Å². The molecule has 0 spiro atoms. The number of hydrogen-bond acceptors (Lipinski definition) is 3. The van der Waals surface area contributed by atoms with E-state index in [0.717, 1.165) is 17.9 Å². The molecule has 2 aromatic rings. The zero-order valence-corrected chi connectivity index (χ0v) is 12.9. The second-order valence-corrected chi connectivity index (χ2v) is 4.69. The van der Waals surface area contributed by atoms with Crippen molar-refractivity contribution in [2.45, 2.75) is 6.42 Å². The van der Waals surface area contributed by atoms with Crippen LogP contribution < -0.4 is 20.5 Å². The molecule has 0 atom stereocenters. The average molecular weight is 299 g/mol. The first-order chi connectivity index (χ1) is 10.7. The summed E-state index contributed by atoms with van der Waals surface area (Å²) < 4.78 is 10.5. The monoisotopic (exact) mass is 299 g/mol. The van der Waals surface area contributed by atoms with E-state index in [1.54, 1.807) is 14.2 Å².